The number of benzene rings is 1. The van der Waals surface area contributed by atoms with Gasteiger partial charge in [-0.15, -0.1) is 0 Å². The Morgan fingerprint density at radius 2 is 1.95 bits per heavy atom. The summed E-state index contributed by atoms with van der Waals surface area (Å²) < 4.78 is 38.9. The van der Waals surface area contributed by atoms with Crippen LogP contribution in [0.4, 0.5) is 18.9 Å². The molecule has 0 spiro atoms. The molecule has 0 aliphatic rings. The van der Waals surface area contributed by atoms with E-state index in [2.05, 4.69) is 10.6 Å². The van der Waals surface area contributed by atoms with Gasteiger partial charge in [-0.25, -0.2) is 13.2 Å². The topological polar surface area (TPSA) is 41.1 Å². The van der Waals surface area contributed by atoms with Gasteiger partial charge in [0.2, 0.25) is 5.91 Å². The molecule has 0 bridgehead atoms. The number of carbonyl (C=O) groups excluding carboxylic acids is 1. The number of anilines is 1. The predicted octanol–water partition coefficient (Wildman–Crippen LogP) is 2.82. The maximum absolute atomic E-state index is 13.3. The van der Waals surface area contributed by atoms with Gasteiger partial charge in [-0.2, -0.15) is 0 Å². The van der Waals surface area contributed by atoms with Crippen molar-refractivity contribution in [3.8, 4) is 0 Å². The fourth-order valence-electron chi connectivity index (χ4n) is 1.67. The van der Waals surface area contributed by atoms with Crippen molar-refractivity contribution in [2.75, 3.05) is 11.9 Å². The van der Waals surface area contributed by atoms with E-state index in [0.29, 0.717) is 0 Å². The van der Waals surface area contributed by atoms with E-state index in [1.54, 1.807) is 0 Å². The van der Waals surface area contributed by atoms with Gasteiger partial charge in [0.05, 0.1) is 12.2 Å². The van der Waals surface area contributed by atoms with Gasteiger partial charge in [0.25, 0.3) is 0 Å². The van der Waals surface area contributed by atoms with Gasteiger partial charge < -0.3 is 10.6 Å². The molecule has 1 rings (SSSR count). The summed E-state index contributed by atoms with van der Waals surface area (Å²) in [4.78, 5) is 11.5. The van der Waals surface area contributed by atoms with Crippen molar-refractivity contribution in [3.05, 3.63) is 29.6 Å². The molecule has 0 aliphatic carbocycles. The van der Waals surface area contributed by atoms with Crippen molar-refractivity contribution in [2.24, 2.45) is 0 Å². The van der Waals surface area contributed by atoms with Crippen LogP contribution < -0.4 is 10.6 Å². The third kappa shape index (κ3) is 4.46. The normalized spacial score (nSPS) is 12.1. The van der Waals surface area contributed by atoms with Crippen LogP contribution in [0.3, 0.4) is 0 Å². The van der Waals surface area contributed by atoms with Gasteiger partial charge in [-0.05, 0) is 25.5 Å². The highest BCUT2D eigenvalue weighted by molar-refractivity contribution is 5.80. The molecule has 6 heteroatoms. The molecular weight excluding hydrogens is 257 g/mol. The molecule has 1 aromatic carbocycles. The maximum atomic E-state index is 13.3. The van der Waals surface area contributed by atoms with Crippen LogP contribution in [0.1, 0.15) is 26.7 Å². The van der Waals surface area contributed by atoms with Crippen LogP contribution in [0.25, 0.3) is 0 Å². The molecule has 1 unspecified atom stereocenters. The highest BCUT2D eigenvalue weighted by Crippen LogP contribution is 2.19. The minimum Gasteiger partial charge on any atom is -0.374 e. The van der Waals surface area contributed by atoms with E-state index in [-0.39, 0.29) is 24.2 Å². The third-order valence-corrected chi connectivity index (χ3v) is 2.60. The van der Waals surface area contributed by atoms with Crippen molar-refractivity contribution in [1.82, 2.24) is 5.32 Å². The average molecular weight is 274 g/mol. The molecule has 19 heavy (non-hydrogen) atoms. The van der Waals surface area contributed by atoms with Crippen LogP contribution >= 0.6 is 0 Å². The zero-order valence-corrected chi connectivity index (χ0v) is 10.9. The van der Waals surface area contributed by atoms with E-state index in [4.69, 9.17) is 0 Å². The van der Waals surface area contributed by atoms with Crippen molar-refractivity contribution in [2.45, 2.75) is 32.7 Å². The Morgan fingerprint density at radius 1 is 1.26 bits per heavy atom. The molecule has 0 saturated heterocycles. The number of nitrogens with one attached hydrogen (secondary N) is 2. The quantitative estimate of drug-likeness (QED) is 0.783. The molecule has 1 aromatic rings. The molecule has 1 amide bonds. The summed E-state index contributed by atoms with van der Waals surface area (Å²) in [6.07, 6.45) is 1.78. The van der Waals surface area contributed by atoms with E-state index in [0.717, 1.165) is 25.0 Å². The van der Waals surface area contributed by atoms with Gasteiger partial charge in [0, 0.05) is 6.04 Å². The second-order valence-electron chi connectivity index (χ2n) is 4.33. The summed E-state index contributed by atoms with van der Waals surface area (Å²) in [5.41, 5.74) is -0.239. The van der Waals surface area contributed by atoms with Gasteiger partial charge in [-0.1, -0.05) is 13.3 Å². The summed E-state index contributed by atoms with van der Waals surface area (Å²) >= 11 is 0. The molecule has 0 aliphatic heterocycles. The lowest BCUT2D eigenvalue weighted by atomic mass is 10.2. The minimum absolute atomic E-state index is 0.0223. The molecule has 0 fully saturated rings. The van der Waals surface area contributed by atoms with Crippen LogP contribution in [0.15, 0.2) is 12.1 Å². The molecule has 0 heterocycles. The van der Waals surface area contributed by atoms with E-state index >= 15 is 0 Å². The van der Waals surface area contributed by atoms with Crippen LogP contribution in [0.5, 0.6) is 0 Å². The Morgan fingerprint density at radius 3 is 2.58 bits per heavy atom. The number of hydrogen-bond donors (Lipinski definition) is 2. The average Bonchev–Trinajstić information content (AvgIpc) is 2.35. The second-order valence-corrected chi connectivity index (χ2v) is 4.33. The van der Waals surface area contributed by atoms with Gasteiger partial charge in [0.1, 0.15) is 0 Å². The first-order valence-electron chi connectivity index (χ1n) is 6.12. The predicted molar refractivity (Wildman–Crippen MR) is 67.3 cm³/mol. The first-order chi connectivity index (χ1) is 8.95. The molecule has 1 atom stereocenters. The number of rotatable bonds is 6. The van der Waals surface area contributed by atoms with Crippen LogP contribution in [0.2, 0.25) is 0 Å². The molecule has 106 valence electrons. The Balaban J connectivity index is 2.53. The first kappa shape index (κ1) is 15.3. The number of carbonyl (C=O) groups is 1. The Labute approximate surface area is 110 Å². The Kier molecular flexibility index (Phi) is 5.66. The van der Waals surface area contributed by atoms with Crippen LogP contribution in [-0.4, -0.2) is 18.5 Å². The molecule has 0 saturated carbocycles. The summed E-state index contributed by atoms with van der Waals surface area (Å²) in [5, 5.41) is 5.14. The molecule has 0 radical (unpaired) electrons. The zero-order valence-electron chi connectivity index (χ0n) is 10.9. The largest absolute Gasteiger partial charge is 0.374 e. The maximum Gasteiger partial charge on any atom is 0.239 e. The fraction of sp³-hybridized carbons (Fsp3) is 0.462. The second kappa shape index (κ2) is 7.01. The minimum atomic E-state index is -1.55. The van der Waals surface area contributed by atoms with Crippen molar-refractivity contribution in [1.29, 1.82) is 0 Å². The van der Waals surface area contributed by atoms with E-state index in [1.807, 2.05) is 13.8 Å². The van der Waals surface area contributed by atoms with E-state index in [9.17, 15) is 18.0 Å². The lowest BCUT2D eigenvalue weighted by Gasteiger charge is -2.13. The smallest absolute Gasteiger partial charge is 0.239 e. The highest BCUT2D eigenvalue weighted by atomic mass is 19.2. The molecular formula is C13H17F3N2O. The molecule has 0 aromatic heterocycles. The van der Waals surface area contributed by atoms with E-state index in [1.165, 1.54) is 0 Å². The zero-order chi connectivity index (χ0) is 14.4. The van der Waals surface area contributed by atoms with Crippen LogP contribution in [0, 0.1) is 17.5 Å². The molecule has 2 N–H and O–H groups in total. The monoisotopic (exact) mass is 274 g/mol. The fourth-order valence-corrected chi connectivity index (χ4v) is 1.67. The summed E-state index contributed by atoms with van der Waals surface area (Å²) in [5.74, 6) is -4.46. The van der Waals surface area contributed by atoms with Crippen LogP contribution in [-0.2, 0) is 4.79 Å². The summed E-state index contributed by atoms with van der Waals surface area (Å²) in [6.45, 7) is 3.66. The van der Waals surface area contributed by atoms with Crippen molar-refractivity contribution in [3.63, 3.8) is 0 Å². The van der Waals surface area contributed by atoms with Gasteiger partial charge in [0.15, 0.2) is 17.5 Å². The lowest BCUT2D eigenvalue weighted by molar-refractivity contribution is -0.120. The standard InChI is InChI=1S/C13H17F3N2O/c1-3-4-8(2)18-11(19)7-17-10-6-5-9(14)12(15)13(10)16/h5-6,8,17H,3-4,7H2,1-2H3,(H,18,19). The van der Waals surface area contributed by atoms with Crippen molar-refractivity contribution >= 4 is 11.6 Å². The SMILES string of the molecule is CCCC(C)NC(=O)CNc1ccc(F)c(F)c1F. The van der Waals surface area contributed by atoms with Crippen molar-refractivity contribution < 1.29 is 18.0 Å². The number of amides is 1. The van der Waals surface area contributed by atoms with Gasteiger partial charge >= 0.3 is 0 Å². The third-order valence-electron chi connectivity index (χ3n) is 2.60. The molecule has 3 nitrogen and oxygen atoms in total. The Hall–Kier alpha value is -1.72. The Bertz CT molecular complexity index is 452. The number of hydrogen-bond acceptors (Lipinski definition) is 2. The van der Waals surface area contributed by atoms with Gasteiger partial charge in [-0.3, -0.25) is 4.79 Å². The highest BCUT2D eigenvalue weighted by Gasteiger charge is 2.14. The first-order valence-corrected chi connectivity index (χ1v) is 6.12. The summed E-state index contributed by atoms with van der Waals surface area (Å²) in [7, 11) is 0. The lowest BCUT2D eigenvalue weighted by Crippen LogP contribution is -2.36. The van der Waals surface area contributed by atoms with E-state index < -0.39 is 17.5 Å². The number of halogens is 3. The summed E-state index contributed by atoms with van der Waals surface area (Å²) in [6, 6.07) is 1.88.